The Morgan fingerprint density at radius 3 is 1.61 bits per heavy atom. The first-order chi connectivity index (χ1) is 12.4. The molecule has 0 aliphatic rings. The summed E-state index contributed by atoms with van der Waals surface area (Å²) in [6.45, 7) is 6.02. The van der Waals surface area contributed by atoms with Gasteiger partial charge in [-0.05, 0) is 56.1 Å². The third kappa shape index (κ3) is 12.2. The zero-order valence-corrected chi connectivity index (χ0v) is 18.3. The molecule has 2 aromatic rings. The molecule has 0 bridgehead atoms. The van der Waals surface area contributed by atoms with Gasteiger partial charge in [-0.1, -0.05) is 41.9 Å². The molecule has 0 atom stereocenters. The van der Waals surface area contributed by atoms with Gasteiger partial charge in [0.05, 0.1) is 0 Å². The number of benzene rings is 2. The summed E-state index contributed by atoms with van der Waals surface area (Å²) in [5.41, 5.74) is 2.44. The van der Waals surface area contributed by atoms with E-state index < -0.39 is 27.7 Å². The van der Waals surface area contributed by atoms with Crippen LogP contribution in [0.1, 0.15) is 41.5 Å². The van der Waals surface area contributed by atoms with Crippen molar-refractivity contribution in [1.82, 2.24) is 5.43 Å². The van der Waals surface area contributed by atoms with E-state index >= 15 is 0 Å². The van der Waals surface area contributed by atoms with Crippen molar-refractivity contribution in [2.45, 2.75) is 26.3 Å². The van der Waals surface area contributed by atoms with E-state index in [1.807, 2.05) is 26.8 Å². The van der Waals surface area contributed by atoms with E-state index in [-0.39, 0.29) is 23.0 Å². The highest BCUT2D eigenvalue weighted by atomic mass is 35.5. The number of carbonyl (C=O) groups is 2. The average Bonchev–Trinajstić information content (AvgIpc) is 2.55. The molecule has 28 heavy (non-hydrogen) atoms. The Morgan fingerprint density at radius 1 is 0.964 bits per heavy atom. The Bertz CT molecular complexity index is 747. The van der Waals surface area contributed by atoms with Gasteiger partial charge in [-0.3, -0.25) is 20.9 Å². The first-order valence-electron chi connectivity index (χ1n) is 7.46. The van der Waals surface area contributed by atoms with Crippen LogP contribution in [0.25, 0.3) is 0 Å². The molecule has 0 spiro atoms. The molecule has 4 nitrogen and oxygen atoms in total. The molecular formula is C18H20Cl4F2N2O2. The van der Waals surface area contributed by atoms with E-state index in [2.05, 4.69) is 5.43 Å². The van der Waals surface area contributed by atoms with Crippen molar-refractivity contribution in [3.63, 3.8) is 0 Å². The summed E-state index contributed by atoms with van der Waals surface area (Å²) in [6, 6.07) is 10.4. The number of halogens is 6. The molecule has 2 aromatic carbocycles. The second kappa shape index (κ2) is 13.8. The molecule has 156 valence electrons. The number of nitrogens with one attached hydrogen (secondary N) is 1. The zero-order valence-electron chi connectivity index (χ0n) is 15.2. The van der Waals surface area contributed by atoms with Crippen LogP contribution in [0, 0.1) is 11.6 Å². The van der Waals surface area contributed by atoms with Crippen molar-refractivity contribution < 1.29 is 18.4 Å². The molecule has 0 aromatic heterocycles. The fraction of sp³-hybridized carbons (Fsp3) is 0.222. The minimum Gasteiger partial charge on any atom is -0.276 e. The summed E-state index contributed by atoms with van der Waals surface area (Å²) in [6.07, 6.45) is 0. The van der Waals surface area contributed by atoms with Crippen LogP contribution in [0.15, 0.2) is 42.5 Å². The molecule has 0 radical (unpaired) electrons. The fourth-order valence-corrected chi connectivity index (χ4v) is 1.80. The zero-order chi connectivity index (χ0) is 21.2. The number of hydrogen-bond donors (Lipinski definition) is 2. The van der Waals surface area contributed by atoms with E-state index in [1.165, 1.54) is 0 Å². The number of carbonyl (C=O) groups excluding carboxylic acids is 2. The van der Waals surface area contributed by atoms with Crippen molar-refractivity contribution in [2.24, 2.45) is 5.84 Å². The Balaban J connectivity index is 0. The summed E-state index contributed by atoms with van der Waals surface area (Å²) in [7, 11) is 0. The third-order valence-electron chi connectivity index (χ3n) is 2.64. The summed E-state index contributed by atoms with van der Waals surface area (Å²) in [5.74, 6) is 2.94. The summed E-state index contributed by atoms with van der Waals surface area (Å²) >= 11 is 15.4. The lowest BCUT2D eigenvalue weighted by Crippen LogP contribution is -2.41. The van der Waals surface area contributed by atoms with Crippen molar-refractivity contribution in [1.29, 1.82) is 0 Å². The normalized spacial score (nSPS) is 9.75. The Morgan fingerprint density at radius 2 is 1.36 bits per heavy atom. The van der Waals surface area contributed by atoms with E-state index in [0.29, 0.717) is 5.56 Å². The number of hydrogen-bond acceptors (Lipinski definition) is 4. The van der Waals surface area contributed by atoms with Crippen LogP contribution in [-0.2, 0) is 0 Å². The largest absolute Gasteiger partial charge is 0.276 e. The van der Waals surface area contributed by atoms with Crippen LogP contribution in [0.4, 0.5) is 8.78 Å². The quantitative estimate of drug-likeness (QED) is 0.330. The summed E-state index contributed by atoms with van der Waals surface area (Å²) < 4.78 is 25.5. The van der Waals surface area contributed by atoms with Crippen LogP contribution in [0.3, 0.4) is 0 Å². The van der Waals surface area contributed by atoms with E-state index in [9.17, 15) is 18.4 Å². The van der Waals surface area contributed by atoms with Gasteiger partial charge >= 0.3 is 0 Å². The van der Waals surface area contributed by atoms with Crippen molar-refractivity contribution in [3.8, 4) is 0 Å². The maximum Gasteiger partial charge on any atom is 0.258 e. The number of nitrogens with two attached hydrogens (primary N) is 1. The highest BCUT2D eigenvalue weighted by Gasteiger charge is 2.15. The van der Waals surface area contributed by atoms with Gasteiger partial charge in [0.1, 0.15) is 17.2 Å². The molecule has 0 heterocycles. The maximum absolute atomic E-state index is 12.7. The minimum absolute atomic E-state index is 0. The molecule has 0 aliphatic carbocycles. The monoisotopic (exact) mass is 474 g/mol. The SMILES string of the molecule is CC(C)(C)NN.Cl.O=C(Cl)c1c(F)cc(Cl)cc1F.O=C(Cl)c1ccccc1. The molecule has 2 rings (SSSR count). The van der Waals surface area contributed by atoms with Gasteiger partial charge in [0, 0.05) is 16.1 Å². The predicted octanol–water partition coefficient (Wildman–Crippen LogP) is 5.73. The van der Waals surface area contributed by atoms with Crippen molar-refractivity contribution in [2.75, 3.05) is 0 Å². The molecule has 0 unspecified atom stereocenters. The number of rotatable bonds is 2. The smallest absolute Gasteiger partial charge is 0.258 e. The highest BCUT2D eigenvalue weighted by molar-refractivity contribution is 6.68. The molecule has 0 saturated carbocycles. The second-order valence-corrected chi connectivity index (χ2v) is 7.18. The molecule has 10 heteroatoms. The summed E-state index contributed by atoms with van der Waals surface area (Å²) in [5, 5.41) is -1.70. The van der Waals surface area contributed by atoms with Gasteiger partial charge in [0.15, 0.2) is 0 Å². The standard InChI is InChI=1S/C7H2Cl2F2O.C7H5ClO.C4H12N2.ClH/c8-3-1-4(10)6(7(9)12)5(11)2-3;8-7(9)6-4-2-1-3-5-6;1-4(2,3)6-5;/h1-2H;1-5H;6H,5H2,1-3H3;1H. The van der Waals surface area contributed by atoms with E-state index in [0.717, 1.165) is 12.1 Å². The van der Waals surface area contributed by atoms with Crippen molar-refractivity contribution >= 4 is 57.7 Å². The predicted molar refractivity (Wildman–Crippen MR) is 113 cm³/mol. The molecule has 0 amide bonds. The van der Waals surface area contributed by atoms with E-state index in [1.54, 1.807) is 24.3 Å². The average molecular weight is 476 g/mol. The topological polar surface area (TPSA) is 72.2 Å². The molecule has 0 saturated heterocycles. The Hall–Kier alpha value is -1.28. The lowest BCUT2D eigenvalue weighted by atomic mass is 10.1. The Kier molecular flexibility index (Phi) is 14.3. The van der Waals surface area contributed by atoms with Gasteiger partial charge in [-0.2, -0.15) is 0 Å². The lowest BCUT2D eigenvalue weighted by molar-refractivity contribution is 0.106. The van der Waals surface area contributed by atoms with Gasteiger partial charge in [0.25, 0.3) is 10.5 Å². The molecule has 0 aliphatic heterocycles. The minimum atomic E-state index is -1.18. The van der Waals surface area contributed by atoms with Crippen LogP contribution in [0.5, 0.6) is 0 Å². The fourth-order valence-electron chi connectivity index (χ4n) is 1.30. The van der Waals surface area contributed by atoms with Crippen LogP contribution in [0.2, 0.25) is 5.02 Å². The van der Waals surface area contributed by atoms with Gasteiger partial charge < -0.3 is 0 Å². The van der Waals surface area contributed by atoms with Crippen LogP contribution in [-0.4, -0.2) is 16.0 Å². The summed E-state index contributed by atoms with van der Waals surface area (Å²) in [4.78, 5) is 20.9. The molecular weight excluding hydrogens is 456 g/mol. The molecule has 0 fully saturated rings. The van der Waals surface area contributed by atoms with Gasteiger partial charge in [-0.15, -0.1) is 12.4 Å². The first kappa shape index (κ1) is 28.9. The second-order valence-electron chi connectivity index (χ2n) is 6.05. The van der Waals surface area contributed by atoms with Crippen molar-refractivity contribution in [3.05, 3.63) is 70.2 Å². The molecule has 3 N–H and O–H groups in total. The first-order valence-corrected chi connectivity index (χ1v) is 8.59. The van der Waals surface area contributed by atoms with Crippen LogP contribution < -0.4 is 11.3 Å². The van der Waals surface area contributed by atoms with Gasteiger partial charge in [0.2, 0.25) is 0 Å². The highest BCUT2D eigenvalue weighted by Crippen LogP contribution is 2.20. The Labute approximate surface area is 183 Å². The number of hydrazine groups is 1. The third-order valence-corrected chi connectivity index (χ3v) is 3.26. The lowest BCUT2D eigenvalue weighted by Gasteiger charge is -2.14. The maximum atomic E-state index is 12.7. The van der Waals surface area contributed by atoms with Gasteiger partial charge in [-0.25, -0.2) is 8.78 Å². The van der Waals surface area contributed by atoms with E-state index in [4.69, 9.17) is 40.6 Å². The van der Waals surface area contributed by atoms with Crippen LogP contribution >= 0.6 is 47.2 Å².